The van der Waals surface area contributed by atoms with Crippen LogP contribution in [-0.2, 0) is 21.9 Å². The summed E-state index contributed by atoms with van der Waals surface area (Å²) in [5.41, 5.74) is -2.20. The molecule has 9 heteroatoms. The molecule has 3 rings (SSSR count). The summed E-state index contributed by atoms with van der Waals surface area (Å²) in [6.07, 6.45) is -8.07. The minimum Gasteiger partial charge on any atom is -0.370 e. The number of carbonyl (C=O) groups excluding carboxylic acids is 1. The van der Waals surface area contributed by atoms with Gasteiger partial charge in [0.05, 0.1) is 16.8 Å². The molecule has 2 heterocycles. The van der Waals surface area contributed by atoms with Crippen molar-refractivity contribution in [2.24, 2.45) is 0 Å². The van der Waals surface area contributed by atoms with Crippen molar-refractivity contribution < 1.29 is 35.9 Å². The van der Waals surface area contributed by atoms with E-state index in [1.54, 1.807) is 0 Å². The molecular formula is C20H17F6NO2. The minimum absolute atomic E-state index is 0.147. The molecule has 0 bridgehead atoms. The van der Waals surface area contributed by atoms with Gasteiger partial charge in [-0.1, -0.05) is 12.1 Å². The van der Waals surface area contributed by atoms with E-state index < -0.39 is 47.0 Å². The van der Waals surface area contributed by atoms with Crippen LogP contribution in [0, 0.1) is 0 Å². The first kappa shape index (κ1) is 21.3. The van der Waals surface area contributed by atoms with Gasteiger partial charge in [-0.15, -0.1) is 0 Å². The van der Waals surface area contributed by atoms with Gasteiger partial charge < -0.3 is 4.74 Å². The Morgan fingerprint density at radius 1 is 1.07 bits per heavy atom. The Kier molecular flexibility index (Phi) is 5.97. The third kappa shape index (κ3) is 4.95. The van der Waals surface area contributed by atoms with Crippen molar-refractivity contribution in [2.45, 2.75) is 43.6 Å². The summed E-state index contributed by atoms with van der Waals surface area (Å²) in [6.45, 7) is 0.388. The fraction of sp³-hybridized carbons (Fsp3) is 0.400. The molecule has 1 saturated heterocycles. The lowest BCUT2D eigenvalue weighted by atomic mass is 9.86. The maximum Gasteiger partial charge on any atom is 0.418 e. The Morgan fingerprint density at radius 3 is 2.31 bits per heavy atom. The van der Waals surface area contributed by atoms with Crippen LogP contribution < -0.4 is 0 Å². The van der Waals surface area contributed by atoms with E-state index in [9.17, 15) is 31.1 Å². The number of pyridine rings is 1. The summed E-state index contributed by atoms with van der Waals surface area (Å²) in [6, 6.07) is 5.72. The predicted molar refractivity (Wildman–Crippen MR) is 91.1 cm³/mol. The molecule has 2 aromatic rings. The number of benzene rings is 1. The summed E-state index contributed by atoms with van der Waals surface area (Å²) in [7, 11) is 0. The van der Waals surface area contributed by atoms with Crippen molar-refractivity contribution in [2.75, 3.05) is 6.61 Å². The average molecular weight is 417 g/mol. The summed E-state index contributed by atoms with van der Waals surface area (Å²) in [5, 5.41) is 0. The highest BCUT2D eigenvalue weighted by Crippen LogP contribution is 2.39. The second-order valence-electron chi connectivity index (χ2n) is 6.78. The molecule has 0 N–H and O–H groups in total. The highest BCUT2D eigenvalue weighted by atomic mass is 19.4. The van der Waals surface area contributed by atoms with Crippen molar-refractivity contribution in [3.63, 3.8) is 0 Å². The van der Waals surface area contributed by atoms with Gasteiger partial charge in [0.2, 0.25) is 0 Å². The van der Waals surface area contributed by atoms with Gasteiger partial charge in [0.25, 0.3) is 0 Å². The Labute approximate surface area is 162 Å². The largest absolute Gasteiger partial charge is 0.418 e. The highest BCUT2D eigenvalue weighted by Gasteiger charge is 2.38. The van der Waals surface area contributed by atoms with Gasteiger partial charge in [0.1, 0.15) is 6.10 Å². The molecule has 1 aliphatic heterocycles. The number of carbonyl (C=O) groups is 1. The van der Waals surface area contributed by atoms with Crippen LogP contribution in [0.3, 0.4) is 0 Å². The number of rotatable bonds is 5. The minimum atomic E-state index is -4.72. The first-order chi connectivity index (χ1) is 13.6. The molecule has 3 nitrogen and oxygen atoms in total. The predicted octanol–water partition coefficient (Wildman–Crippen LogP) is 5.39. The number of aromatic nitrogens is 1. The van der Waals surface area contributed by atoms with Gasteiger partial charge in [-0.3, -0.25) is 9.78 Å². The molecule has 1 aromatic carbocycles. The van der Waals surface area contributed by atoms with E-state index in [4.69, 9.17) is 4.74 Å². The highest BCUT2D eigenvalue weighted by molar-refractivity contribution is 5.84. The summed E-state index contributed by atoms with van der Waals surface area (Å²) in [5.74, 6) is -1.54. The standard InChI is InChI=1S/C20H17F6NO2/c21-19(22,23)13-7-5-12(6-8-13)14(11-16(28)17-4-2-10-29-17)18-15(20(24,25)26)3-1-9-27-18/h1,3,5-9,14,17H,2,4,10-11H2/t14-,17-/m0/s1. The van der Waals surface area contributed by atoms with Crippen molar-refractivity contribution in [3.8, 4) is 0 Å². The molecule has 0 saturated carbocycles. The third-order valence-corrected chi connectivity index (χ3v) is 4.81. The fourth-order valence-corrected chi connectivity index (χ4v) is 3.38. The van der Waals surface area contributed by atoms with Crippen LogP contribution in [0.2, 0.25) is 0 Å². The molecule has 0 unspecified atom stereocenters. The van der Waals surface area contributed by atoms with Crippen LogP contribution in [0.25, 0.3) is 0 Å². The van der Waals surface area contributed by atoms with E-state index in [1.807, 2.05) is 0 Å². The van der Waals surface area contributed by atoms with Gasteiger partial charge in [0.15, 0.2) is 5.78 Å². The SMILES string of the molecule is O=C(C[C@@H](c1ccc(C(F)(F)F)cc1)c1ncccc1C(F)(F)F)[C@@H]1CCCO1. The second kappa shape index (κ2) is 8.14. The first-order valence-corrected chi connectivity index (χ1v) is 8.91. The number of ketones is 1. The number of ether oxygens (including phenoxy) is 1. The first-order valence-electron chi connectivity index (χ1n) is 8.91. The second-order valence-corrected chi connectivity index (χ2v) is 6.78. The Hall–Kier alpha value is -2.42. The van der Waals surface area contributed by atoms with Crippen LogP contribution in [0.1, 0.15) is 47.6 Å². The average Bonchev–Trinajstić information content (AvgIpc) is 3.20. The maximum atomic E-state index is 13.5. The number of hydrogen-bond donors (Lipinski definition) is 0. The van der Waals surface area contributed by atoms with Crippen molar-refractivity contribution in [3.05, 3.63) is 65.0 Å². The quantitative estimate of drug-likeness (QED) is 0.613. The lowest BCUT2D eigenvalue weighted by Gasteiger charge is -2.22. The molecule has 29 heavy (non-hydrogen) atoms. The molecule has 0 aliphatic carbocycles. The number of alkyl halides is 6. The van der Waals surface area contributed by atoms with E-state index >= 15 is 0 Å². The summed E-state index contributed by atoms with van der Waals surface area (Å²) in [4.78, 5) is 16.4. The molecule has 2 atom stereocenters. The molecule has 0 amide bonds. The Bertz CT molecular complexity index is 855. The number of Topliss-reactive ketones (excluding diaryl/α,β-unsaturated/α-hetero) is 1. The Morgan fingerprint density at radius 2 is 1.76 bits per heavy atom. The van der Waals surface area contributed by atoms with Crippen LogP contribution in [-0.4, -0.2) is 23.5 Å². The lowest BCUT2D eigenvalue weighted by Crippen LogP contribution is -2.24. The van der Waals surface area contributed by atoms with Crippen molar-refractivity contribution in [1.29, 1.82) is 0 Å². The molecule has 156 valence electrons. The van der Waals surface area contributed by atoms with Gasteiger partial charge >= 0.3 is 12.4 Å². The van der Waals surface area contributed by atoms with Crippen molar-refractivity contribution in [1.82, 2.24) is 4.98 Å². The fourth-order valence-electron chi connectivity index (χ4n) is 3.38. The smallest absolute Gasteiger partial charge is 0.370 e. The van der Waals surface area contributed by atoms with Gasteiger partial charge in [-0.25, -0.2) is 0 Å². The van der Waals surface area contributed by atoms with Gasteiger partial charge in [-0.2, -0.15) is 26.3 Å². The Balaban J connectivity index is 2.02. The topological polar surface area (TPSA) is 39.2 Å². The van der Waals surface area contributed by atoms with E-state index in [0.717, 1.165) is 42.6 Å². The molecular weight excluding hydrogens is 400 g/mol. The van der Waals surface area contributed by atoms with Crippen LogP contribution >= 0.6 is 0 Å². The van der Waals surface area contributed by atoms with Crippen LogP contribution in [0.5, 0.6) is 0 Å². The third-order valence-electron chi connectivity index (χ3n) is 4.81. The number of hydrogen-bond acceptors (Lipinski definition) is 3. The van der Waals surface area contributed by atoms with Gasteiger partial charge in [-0.05, 0) is 42.7 Å². The van der Waals surface area contributed by atoms with E-state index in [-0.39, 0.29) is 12.0 Å². The van der Waals surface area contributed by atoms with E-state index in [1.165, 1.54) is 0 Å². The van der Waals surface area contributed by atoms with Crippen LogP contribution in [0.4, 0.5) is 26.3 Å². The number of nitrogens with zero attached hydrogens (tertiary/aromatic N) is 1. The zero-order valence-corrected chi connectivity index (χ0v) is 15.1. The van der Waals surface area contributed by atoms with Crippen LogP contribution in [0.15, 0.2) is 42.6 Å². The van der Waals surface area contributed by atoms with E-state index in [0.29, 0.717) is 19.4 Å². The number of halogens is 6. The zero-order valence-electron chi connectivity index (χ0n) is 15.1. The van der Waals surface area contributed by atoms with Crippen molar-refractivity contribution >= 4 is 5.78 Å². The summed E-state index contributed by atoms with van der Waals surface area (Å²) < 4.78 is 84.3. The van der Waals surface area contributed by atoms with Gasteiger partial charge in [0, 0.05) is 25.1 Å². The molecule has 1 aliphatic rings. The molecule has 0 spiro atoms. The molecule has 1 aromatic heterocycles. The van der Waals surface area contributed by atoms with E-state index in [2.05, 4.69) is 4.98 Å². The summed E-state index contributed by atoms with van der Waals surface area (Å²) >= 11 is 0. The maximum absolute atomic E-state index is 13.5. The monoisotopic (exact) mass is 417 g/mol. The lowest BCUT2D eigenvalue weighted by molar-refractivity contribution is -0.139. The normalized spacial score (nSPS) is 18.6. The molecule has 0 radical (unpaired) electrons. The zero-order chi connectivity index (χ0) is 21.2. The molecule has 1 fully saturated rings.